The lowest BCUT2D eigenvalue weighted by Gasteiger charge is -2.11. The number of hydrogen-bond acceptors (Lipinski definition) is 3. The second-order valence-electron chi connectivity index (χ2n) is 3.72. The Kier molecular flexibility index (Phi) is 3.71. The van der Waals surface area contributed by atoms with Crippen LogP contribution in [0.4, 0.5) is 17.1 Å². The fourth-order valence-corrected chi connectivity index (χ4v) is 2.08. The smallest absolute Gasteiger partial charge is 0.337 e. The topological polar surface area (TPSA) is 75.4 Å². The quantitative estimate of drug-likeness (QED) is 0.584. The van der Waals surface area contributed by atoms with Crippen LogP contribution >= 0.6 is 22.6 Å². The van der Waals surface area contributed by atoms with Gasteiger partial charge in [-0.25, -0.2) is 4.79 Å². The third-order valence-electron chi connectivity index (χ3n) is 2.42. The molecule has 0 radical (unpaired) electrons. The summed E-state index contributed by atoms with van der Waals surface area (Å²) in [6, 6.07) is 12.3. The van der Waals surface area contributed by atoms with Crippen molar-refractivity contribution in [3.8, 4) is 0 Å². The average Bonchev–Trinajstić information content (AvgIpc) is 2.32. The molecule has 0 aliphatic carbocycles. The molecule has 0 aliphatic heterocycles. The lowest BCUT2D eigenvalue weighted by atomic mass is 10.1. The molecule has 2 rings (SSSR count). The minimum atomic E-state index is -0.983. The average molecular weight is 354 g/mol. The molecule has 2 aromatic carbocycles. The molecule has 0 atom stereocenters. The van der Waals surface area contributed by atoms with Crippen LogP contribution in [-0.2, 0) is 0 Å². The predicted molar refractivity (Wildman–Crippen MR) is 80.3 cm³/mol. The highest BCUT2D eigenvalue weighted by Gasteiger charge is 2.11. The van der Waals surface area contributed by atoms with Crippen molar-refractivity contribution in [2.75, 3.05) is 11.1 Å². The number of nitrogens with one attached hydrogen (secondary N) is 1. The Morgan fingerprint density at radius 2 is 1.89 bits per heavy atom. The molecule has 0 saturated carbocycles. The van der Waals surface area contributed by atoms with Crippen LogP contribution in [0.2, 0.25) is 0 Å². The molecule has 0 aromatic heterocycles. The van der Waals surface area contributed by atoms with E-state index in [-0.39, 0.29) is 5.56 Å². The van der Waals surface area contributed by atoms with Crippen molar-refractivity contribution >= 4 is 45.6 Å². The summed E-state index contributed by atoms with van der Waals surface area (Å²) >= 11 is 2.18. The first-order valence-electron chi connectivity index (χ1n) is 5.22. The van der Waals surface area contributed by atoms with Gasteiger partial charge in [0.15, 0.2) is 0 Å². The summed E-state index contributed by atoms with van der Waals surface area (Å²) in [5.41, 5.74) is 7.75. The van der Waals surface area contributed by atoms with Crippen molar-refractivity contribution in [1.29, 1.82) is 0 Å². The Balaban J connectivity index is 2.42. The Labute approximate surface area is 118 Å². The fourth-order valence-electron chi connectivity index (χ4n) is 1.56. The van der Waals surface area contributed by atoms with Crippen LogP contribution in [0.5, 0.6) is 0 Å². The highest BCUT2D eigenvalue weighted by molar-refractivity contribution is 14.1. The van der Waals surface area contributed by atoms with Crippen LogP contribution in [0.3, 0.4) is 0 Å². The van der Waals surface area contributed by atoms with Gasteiger partial charge in [-0.15, -0.1) is 0 Å². The molecule has 0 unspecified atom stereocenters. The van der Waals surface area contributed by atoms with Crippen molar-refractivity contribution in [2.45, 2.75) is 0 Å². The van der Waals surface area contributed by atoms with E-state index in [1.807, 2.05) is 24.3 Å². The second kappa shape index (κ2) is 5.26. The van der Waals surface area contributed by atoms with Crippen LogP contribution in [0.15, 0.2) is 42.5 Å². The van der Waals surface area contributed by atoms with Gasteiger partial charge in [-0.3, -0.25) is 0 Å². The van der Waals surface area contributed by atoms with Gasteiger partial charge in [0.05, 0.1) is 16.9 Å². The number of carboxylic acid groups (broad SMARTS) is 1. The highest BCUT2D eigenvalue weighted by atomic mass is 127. The van der Waals surface area contributed by atoms with Gasteiger partial charge in [0.2, 0.25) is 0 Å². The van der Waals surface area contributed by atoms with Crippen LogP contribution in [-0.4, -0.2) is 11.1 Å². The molecule has 4 nitrogen and oxygen atoms in total. The molecule has 0 fully saturated rings. The number of carboxylic acids is 1. The summed E-state index contributed by atoms with van der Waals surface area (Å²) in [7, 11) is 0. The summed E-state index contributed by atoms with van der Waals surface area (Å²) in [4.78, 5) is 11.1. The van der Waals surface area contributed by atoms with Gasteiger partial charge in [0.25, 0.3) is 0 Å². The second-order valence-corrected chi connectivity index (χ2v) is 4.88. The molecule has 2 aromatic rings. The molecule has 0 heterocycles. The normalized spacial score (nSPS) is 10.1. The third kappa shape index (κ3) is 2.73. The molecular formula is C13H11IN2O2. The maximum atomic E-state index is 11.1. The molecule has 5 heteroatoms. The molecule has 18 heavy (non-hydrogen) atoms. The van der Waals surface area contributed by atoms with Gasteiger partial charge >= 0.3 is 5.97 Å². The number of rotatable bonds is 3. The summed E-state index contributed by atoms with van der Waals surface area (Å²) in [6.45, 7) is 0. The van der Waals surface area contributed by atoms with E-state index < -0.39 is 5.97 Å². The van der Waals surface area contributed by atoms with Crippen LogP contribution in [0.1, 0.15) is 10.4 Å². The number of para-hydroxylation sites is 1. The molecule has 4 N–H and O–H groups in total. The minimum absolute atomic E-state index is 0.198. The highest BCUT2D eigenvalue weighted by Crippen LogP contribution is 2.26. The molecule has 0 amide bonds. The SMILES string of the molecule is Nc1ccc(C(=O)O)c(Nc2ccccc2I)c1. The number of anilines is 3. The van der Waals surface area contributed by atoms with E-state index in [1.165, 1.54) is 6.07 Å². The molecule has 0 spiro atoms. The van der Waals surface area contributed by atoms with Crippen molar-refractivity contribution in [3.63, 3.8) is 0 Å². The summed E-state index contributed by atoms with van der Waals surface area (Å²) in [6.07, 6.45) is 0. The Morgan fingerprint density at radius 3 is 2.56 bits per heavy atom. The number of carbonyl (C=O) groups is 1. The van der Waals surface area contributed by atoms with Gasteiger partial charge in [-0.05, 0) is 52.9 Å². The van der Waals surface area contributed by atoms with Crippen molar-refractivity contribution in [1.82, 2.24) is 0 Å². The number of hydrogen-bond donors (Lipinski definition) is 3. The maximum Gasteiger partial charge on any atom is 0.337 e. The summed E-state index contributed by atoms with van der Waals surface area (Å²) in [5.74, 6) is -0.983. The maximum absolute atomic E-state index is 11.1. The van der Waals surface area contributed by atoms with Crippen LogP contribution in [0, 0.1) is 3.57 Å². The van der Waals surface area contributed by atoms with Crippen molar-refractivity contribution in [3.05, 3.63) is 51.6 Å². The Hall–Kier alpha value is -1.76. The minimum Gasteiger partial charge on any atom is -0.478 e. The number of benzene rings is 2. The number of nitrogen functional groups attached to an aromatic ring is 1. The number of halogens is 1. The Bertz CT molecular complexity index is 599. The zero-order valence-electron chi connectivity index (χ0n) is 9.35. The van der Waals surface area contributed by atoms with E-state index in [2.05, 4.69) is 27.9 Å². The molecule has 0 aliphatic rings. The van der Waals surface area contributed by atoms with Gasteiger partial charge in [0.1, 0.15) is 0 Å². The van der Waals surface area contributed by atoms with Gasteiger partial charge in [-0.1, -0.05) is 12.1 Å². The lowest BCUT2D eigenvalue weighted by molar-refractivity contribution is 0.0698. The van der Waals surface area contributed by atoms with Crippen LogP contribution in [0.25, 0.3) is 0 Å². The number of nitrogens with two attached hydrogens (primary N) is 1. The van der Waals surface area contributed by atoms with E-state index in [4.69, 9.17) is 10.8 Å². The predicted octanol–water partition coefficient (Wildman–Crippen LogP) is 3.32. The van der Waals surface area contributed by atoms with E-state index in [0.717, 1.165) is 9.26 Å². The van der Waals surface area contributed by atoms with Crippen molar-refractivity contribution in [2.24, 2.45) is 0 Å². The first-order chi connectivity index (χ1) is 8.58. The Morgan fingerprint density at radius 1 is 1.17 bits per heavy atom. The third-order valence-corrected chi connectivity index (χ3v) is 3.36. The van der Waals surface area contributed by atoms with E-state index in [0.29, 0.717) is 11.4 Å². The molecule has 0 bridgehead atoms. The van der Waals surface area contributed by atoms with Crippen LogP contribution < -0.4 is 11.1 Å². The lowest BCUT2D eigenvalue weighted by Crippen LogP contribution is -2.04. The van der Waals surface area contributed by atoms with Gasteiger partial charge in [-0.2, -0.15) is 0 Å². The molecule has 92 valence electrons. The van der Waals surface area contributed by atoms with E-state index >= 15 is 0 Å². The zero-order valence-corrected chi connectivity index (χ0v) is 11.5. The van der Waals surface area contributed by atoms with Crippen molar-refractivity contribution < 1.29 is 9.90 Å². The standard InChI is InChI=1S/C13H11IN2O2/c14-10-3-1-2-4-11(10)16-12-7-8(15)5-6-9(12)13(17)18/h1-7,16H,15H2,(H,17,18). The molecular weight excluding hydrogens is 343 g/mol. The zero-order chi connectivity index (χ0) is 13.1. The van der Waals surface area contributed by atoms with E-state index in [9.17, 15) is 4.79 Å². The van der Waals surface area contributed by atoms with E-state index in [1.54, 1.807) is 12.1 Å². The summed E-state index contributed by atoms with van der Waals surface area (Å²) in [5, 5.41) is 12.2. The number of aromatic carboxylic acids is 1. The molecule has 0 saturated heterocycles. The fraction of sp³-hybridized carbons (Fsp3) is 0. The summed E-state index contributed by atoms with van der Waals surface area (Å²) < 4.78 is 1.01. The van der Waals surface area contributed by atoms with Gasteiger partial charge < -0.3 is 16.2 Å². The van der Waals surface area contributed by atoms with Gasteiger partial charge in [0, 0.05) is 9.26 Å². The largest absolute Gasteiger partial charge is 0.478 e. The first kappa shape index (κ1) is 12.7. The first-order valence-corrected chi connectivity index (χ1v) is 6.30. The monoisotopic (exact) mass is 354 g/mol.